The molecule has 1 atom stereocenters. The maximum absolute atomic E-state index is 6.14. The molecule has 0 saturated carbocycles. The van der Waals surface area contributed by atoms with E-state index in [0.717, 1.165) is 0 Å². The largest absolute Gasteiger partial charge is 0.493 e. The zero-order valence-electron chi connectivity index (χ0n) is 11.0. The van der Waals surface area contributed by atoms with Gasteiger partial charge in [0.05, 0.1) is 26.9 Å². The van der Waals surface area contributed by atoms with Crippen LogP contribution in [0.2, 0.25) is 0 Å². The van der Waals surface area contributed by atoms with Gasteiger partial charge in [0, 0.05) is 0 Å². The Bertz CT molecular complexity index is 519. The van der Waals surface area contributed by atoms with Gasteiger partial charge in [-0.1, -0.05) is 0 Å². The highest BCUT2D eigenvalue weighted by Crippen LogP contribution is 2.42. The molecular weight excluding hydrogens is 250 g/mol. The molecule has 0 spiro atoms. The summed E-state index contributed by atoms with van der Waals surface area (Å²) in [5.74, 6) is 0.371. The summed E-state index contributed by atoms with van der Waals surface area (Å²) in [5.41, 5.74) is 17.7. The highest BCUT2D eigenvalue weighted by Gasteiger charge is 2.36. The molecule has 0 bridgehead atoms. The van der Waals surface area contributed by atoms with Crippen molar-refractivity contribution in [1.82, 2.24) is 10.9 Å². The second kappa shape index (κ2) is 4.82. The number of guanidine groups is 1. The third kappa shape index (κ3) is 2.11. The maximum atomic E-state index is 6.14. The van der Waals surface area contributed by atoms with Crippen LogP contribution in [0, 0.1) is 0 Å². The van der Waals surface area contributed by atoms with Crippen LogP contribution in [0.25, 0.3) is 0 Å². The maximum Gasteiger partial charge on any atom is 0.212 e. The second-order valence-corrected chi connectivity index (χ2v) is 3.90. The van der Waals surface area contributed by atoms with Crippen molar-refractivity contribution < 1.29 is 14.2 Å². The number of nitrogens with two attached hydrogens (primary N) is 2. The lowest BCUT2D eigenvalue weighted by Crippen LogP contribution is -2.50. The highest BCUT2D eigenvalue weighted by molar-refractivity contribution is 5.80. The summed E-state index contributed by atoms with van der Waals surface area (Å²) >= 11 is 0. The number of rotatable bonds is 4. The number of nitrogens with zero attached hydrogens (tertiary/aromatic N) is 1. The summed E-state index contributed by atoms with van der Waals surface area (Å²) in [6.07, 6.45) is 0. The summed E-state index contributed by atoms with van der Waals surface area (Å²) in [6, 6.07) is 3.45. The fraction of sp³-hybridized carbons (Fsp3) is 0.364. The predicted molar refractivity (Wildman–Crippen MR) is 69.9 cm³/mol. The standard InChI is InChI=1S/C11H17N5O3/c1-17-7-5-4-6(8(18-2)9(7)19-3)11(13)14-10(12)15-16-11/h4-5,16H,13H2,1-3H3,(H3,12,14,15). The quantitative estimate of drug-likeness (QED) is 0.564. The number of nitrogens with one attached hydrogen (secondary N) is 2. The van der Waals surface area contributed by atoms with Crippen molar-refractivity contribution in [2.24, 2.45) is 16.5 Å². The molecule has 104 valence electrons. The van der Waals surface area contributed by atoms with Crippen LogP contribution >= 0.6 is 0 Å². The van der Waals surface area contributed by atoms with Crippen molar-refractivity contribution in [3.8, 4) is 17.2 Å². The number of hydrogen-bond acceptors (Lipinski definition) is 8. The van der Waals surface area contributed by atoms with Crippen LogP contribution in [0.5, 0.6) is 17.2 Å². The van der Waals surface area contributed by atoms with Crippen LogP contribution in [-0.4, -0.2) is 27.3 Å². The molecule has 0 fully saturated rings. The molecule has 2 rings (SSSR count). The van der Waals surface area contributed by atoms with E-state index in [2.05, 4.69) is 15.8 Å². The topological polar surface area (TPSA) is 116 Å². The monoisotopic (exact) mass is 267 g/mol. The molecule has 8 heteroatoms. The van der Waals surface area contributed by atoms with E-state index in [-0.39, 0.29) is 5.96 Å². The molecule has 1 unspecified atom stereocenters. The number of hydrazine groups is 1. The lowest BCUT2D eigenvalue weighted by atomic mass is 10.1. The zero-order chi connectivity index (χ0) is 14.0. The van der Waals surface area contributed by atoms with Crippen molar-refractivity contribution in [1.29, 1.82) is 0 Å². The van der Waals surface area contributed by atoms with E-state index >= 15 is 0 Å². The molecule has 0 aliphatic carbocycles. The third-order valence-electron chi connectivity index (χ3n) is 2.79. The first-order valence-electron chi connectivity index (χ1n) is 5.52. The van der Waals surface area contributed by atoms with E-state index in [1.54, 1.807) is 19.2 Å². The molecule has 1 heterocycles. The van der Waals surface area contributed by atoms with Gasteiger partial charge in [-0.25, -0.2) is 4.99 Å². The van der Waals surface area contributed by atoms with Gasteiger partial charge < -0.3 is 19.9 Å². The third-order valence-corrected chi connectivity index (χ3v) is 2.79. The molecule has 8 nitrogen and oxygen atoms in total. The molecule has 1 aliphatic rings. The number of aliphatic imine (C=N–C) groups is 1. The minimum Gasteiger partial charge on any atom is -0.493 e. The average molecular weight is 267 g/mol. The van der Waals surface area contributed by atoms with Crippen molar-refractivity contribution in [2.45, 2.75) is 5.79 Å². The van der Waals surface area contributed by atoms with Gasteiger partial charge in [-0.3, -0.25) is 11.2 Å². The predicted octanol–water partition coefficient (Wildman–Crippen LogP) is -0.796. The van der Waals surface area contributed by atoms with Crippen LogP contribution in [0.15, 0.2) is 17.1 Å². The van der Waals surface area contributed by atoms with E-state index in [0.29, 0.717) is 22.8 Å². The fourth-order valence-electron chi connectivity index (χ4n) is 1.93. The first kappa shape index (κ1) is 13.2. The molecule has 1 aromatic carbocycles. The Kier molecular flexibility index (Phi) is 3.36. The van der Waals surface area contributed by atoms with Gasteiger partial charge in [-0.15, -0.1) is 0 Å². The van der Waals surface area contributed by atoms with E-state index in [1.165, 1.54) is 14.2 Å². The molecule has 1 aromatic rings. The molecule has 6 N–H and O–H groups in total. The summed E-state index contributed by atoms with van der Waals surface area (Å²) < 4.78 is 15.9. The Morgan fingerprint density at radius 3 is 2.26 bits per heavy atom. The van der Waals surface area contributed by atoms with Gasteiger partial charge in [0.2, 0.25) is 17.5 Å². The number of hydrogen-bond donors (Lipinski definition) is 4. The molecule has 0 amide bonds. The minimum atomic E-state index is -1.23. The Balaban J connectivity index is 2.58. The van der Waals surface area contributed by atoms with E-state index in [9.17, 15) is 0 Å². The zero-order valence-corrected chi connectivity index (χ0v) is 11.0. The van der Waals surface area contributed by atoms with Gasteiger partial charge in [0.15, 0.2) is 11.5 Å². The first-order valence-corrected chi connectivity index (χ1v) is 5.52. The SMILES string of the molecule is COc1ccc(C2(N)N=C(N)NN2)c(OC)c1OC. The fourth-order valence-corrected chi connectivity index (χ4v) is 1.93. The normalized spacial score (nSPS) is 21.6. The van der Waals surface area contributed by atoms with Crippen molar-refractivity contribution in [3.63, 3.8) is 0 Å². The van der Waals surface area contributed by atoms with Gasteiger partial charge in [0.1, 0.15) is 0 Å². The van der Waals surface area contributed by atoms with Crippen LogP contribution in [0.4, 0.5) is 0 Å². The van der Waals surface area contributed by atoms with E-state index in [1.807, 2.05) is 0 Å². The number of benzene rings is 1. The van der Waals surface area contributed by atoms with Crippen LogP contribution in [0.1, 0.15) is 5.56 Å². The van der Waals surface area contributed by atoms with E-state index < -0.39 is 5.79 Å². The smallest absolute Gasteiger partial charge is 0.212 e. The second-order valence-electron chi connectivity index (χ2n) is 3.90. The van der Waals surface area contributed by atoms with Crippen molar-refractivity contribution >= 4 is 5.96 Å². The number of methoxy groups -OCH3 is 3. The molecule has 1 aliphatic heterocycles. The highest BCUT2D eigenvalue weighted by atomic mass is 16.5. The summed E-state index contributed by atoms with van der Waals surface area (Å²) in [4.78, 5) is 4.10. The minimum absolute atomic E-state index is 0.194. The van der Waals surface area contributed by atoms with Crippen molar-refractivity contribution in [3.05, 3.63) is 17.7 Å². The number of ether oxygens (including phenoxy) is 3. The average Bonchev–Trinajstić information content (AvgIpc) is 2.77. The van der Waals surface area contributed by atoms with Gasteiger partial charge in [-0.2, -0.15) is 5.43 Å². The molecule has 0 saturated heterocycles. The molecule has 19 heavy (non-hydrogen) atoms. The first-order chi connectivity index (χ1) is 9.05. The molecule has 0 aromatic heterocycles. The Morgan fingerprint density at radius 1 is 1.11 bits per heavy atom. The van der Waals surface area contributed by atoms with Gasteiger partial charge >= 0.3 is 0 Å². The van der Waals surface area contributed by atoms with Gasteiger partial charge in [0.25, 0.3) is 0 Å². The van der Waals surface area contributed by atoms with Crippen LogP contribution in [0.3, 0.4) is 0 Å². The Morgan fingerprint density at radius 2 is 1.79 bits per heavy atom. The Hall–Kier alpha value is -2.19. The summed E-state index contributed by atoms with van der Waals surface area (Å²) in [6.45, 7) is 0. The Labute approximate surface area is 110 Å². The lowest BCUT2D eigenvalue weighted by molar-refractivity contribution is 0.304. The van der Waals surface area contributed by atoms with Crippen molar-refractivity contribution in [2.75, 3.05) is 21.3 Å². The summed E-state index contributed by atoms with van der Waals surface area (Å²) in [5, 5.41) is 0. The van der Waals surface area contributed by atoms with Crippen LogP contribution in [-0.2, 0) is 5.79 Å². The lowest BCUT2D eigenvalue weighted by Gasteiger charge is -2.24. The molecular formula is C11H17N5O3. The van der Waals surface area contributed by atoms with E-state index in [4.69, 9.17) is 25.7 Å². The molecule has 0 radical (unpaired) electrons. The van der Waals surface area contributed by atoms with Gasteiger partial charge in [-0.05, 0) is 12.1 Å². The summed E-state index contributed by atoms with van der Waals surface area (Å²) in [7, 11) is 4.58. The van der Waals surface area contributed by atoms with Crippen LogP contribution < -0.4 is 36.5 Å².